The van der Waals surface area contributed by atoms with Crippen LogP contribution < -0.4 is 4.74 Å². The summed E-state index contributed by atoms with van der Waals surface area (Å²) in [7, 11) is 1.68. The van der Waals surface area contributed by atoms with Gasteiger partial charge >= 0.3 is 0 Å². The Balaban J connectivity index is 1.96. The van der Waals surface area contributed by atoms with Crippen molar-refractivity contribution in [2.45, 2.75) is 6.54 Å². The highest BCUT2D eigenvalue weighted by Crippen LogP contribution is 2.22. The second-order valence-electron chi connectivity index (χ2n) is 4.33. The van der Waals surface area contributed by atoms with E-state index in [4.69, 9.17) is 4.74 Å². The molecule has 0 spiro atoms. The Morgan fingerprint density at radius 3 is 2.74 bits per heavy atom. The van der Waals surface area contributed by atoms with Crippen LogP contribution in [0.1, 0.15) is 5.56 Å². The molecule has 0 radical (unpaired) electrons. The van der Waals surface area contributed by atoms with E-state index in [9.17, 15) is 0 Å². The molecule has 3 nitrogen and oxygen atoms in total. The number of ether oxygens (including phenoxy) is 1. The highest BCUT2D eigenvalue weighted by atomic mass is 127. The zero-order valence-corrected chi connectivity index (χ0v) is 12.7. The van der Waals surface area contributed by atoms with Gasteiger partial charge in [-0.15, -0.1) is 0 Å². The molecule has 1 aromatic carbocycles. The van der Waals surface area contributed by atoms with Crippen LogP contribution in [-0.2, 0) is 6.54 Å². The number of halogens is 1. The minimum atomic E-state index is 0.820. The van der Waals surface area contributed by atoms with Gasteiger partial charge in [0.1, 0.15) is 11.4 Å². The van der Waals surface area contributed by atoms with E-state index < -0.39 is 0 Å². The average molecular weight is 364 g/mol. The number of benzene rings is 1. The van der Waals surface area contributed by atoms with Gasteiger partial charge in [0.25, 0.3) is 0 Å². The molecule has 3 aromatic rings. The predicted molar refractivity (Wildman–Crippen MR) is 84.5 cm³/mol. The van der Waals surface area contributed by atoms with Gasteiger partial charge in [0.15, 0.2) is 0 Å². The lowest BCUT2D eigenvalue weighted by atomic mass is 10.2. The maximum absolute atomic E-state index is 5.17. The predicted octanol–water partition coefficient (Wildman–Crippen LogP) is 3.70. The third-order valence-electron chi connectivity index (χ3n) is 3.10. The van der Waals surface area contributed by atoms with Gasteiger partial charge in [0.2, 0.25) is 0 Å². The summed E-state index contributed by atoms with van der Waals surface area (Å²) in [6, 6.07) is 12.2. The van der Waals surface area contributed by atoms with E-state index in [2.05, 4.69) is 56.5 Å². The molecule has 3 rings (SSSR count). The minimum Gasteiger partial charge on any atom is -0.497 e. The van der Waals surface area contributed by atoms with Crippen LogP contribution in [0.2, 0.25) is 0 Å². The summed E-state index contributed by atoms with van der Waals surface area (Å²) in [5.41, 5.74) is 2.27. The molecule has 4 heteroatoms. The molecule has 0 aliphatic rings. The van der Waals surface area contributed by atoms with E-state index in [1.54, 1.807) is 7.11 Å². The first-order chi connectivity index (χ1) is 9.28. The number of pyridine rings is 1. The molecule has 0 fully saturated rings. The molecule has 0 amide bonds. The van der Waals surface area contributed by atoms with Crippen LogP contribution in [0.15, 0.2) is 48.8 Å². The molecule has 2 aromatic heterocycles. The zero-order valence-electron chi connectivity index (χ0n) is 10.5. The first kappa shape index (κ1) is 12.5. The summed E-state index contributed by atoms with van der Waals surface area (Å²) < 4.78 is 8.58. The van der Waals surface area contributed by atoms with Crippen LogP contribution in [0, 0.1) is 3.57 Å². The fourth-order valence-corrected chi connectivity index (χ4v) is 2.89. The van der Waals surface area contributed by atoms with Crippen molar-refractivity contribution in [1.29, 1.82) is 0 Å². The summed E-state index contributed by atoms with van der Waals surface area (Å²) in [5, 5.41) is 1.21. The lowest BCUT2D eigenvalue weighted by molar-refractivity contribution is 0.414. The molecule has 0 bridgehead atoms. The molecule has 0 N–H and O–H groups in total. The largest absolute Gasteiger partial charge is 0.497 e. The normalized spacial score (nSPS) is 10.8. The van der Waals surface area contributed by atoms with Gasteiger partial charge < -0.3 is 9.30 Å². The van der Waals surface area contributed by atoms with E-state index >= 15 is 0 Å². The van der Waals surface area contributed by atoms with Crippen LogP contribution in [-0.4, -0.2) is 16.7 Å². The van der Waals surface area contributed by atoms with Crippen molar-refractivity contribution in [1.82, 2.24) is 9.55 Å². The number of hydrogen-bond donors (Lipinski definition) is 0. The van der Waals surface area contributed by atoms with Crippen molar-refractivity contribution in [2.75, 3.05) is 7.11 Å². The summed E-state index contributed by atoms with van der Waals surface area (Å²) in [6.07, 6.45) is 3.98. The lowest BCUT2D eigenvalue weighted by Crippen LogP contribution is -1.99. The van der Waals surface area contributed by atoms with Gasteiger partial charge in [-0.05, 0) is 52.4 Å². The standard InChI is InChI=1S/C15H13IN2O/c1-19-12-6-4-11(5-7-12)9-18-10-14(16)13-3-2-8-17-15(13)18/h2-8,10H,9H2,1H3. The molecule has 96 valence electrons. The first-order valence-electron chi connectivity index (χ1n) is 6.00. The van der Waals surface area contributed by atoms with E-state index in [0.29, 0.717) is 0 Å². The number of rotatable bonds is 3. The van der Waals surface area contributed by atoms with Gasteiger partial charge in [-0.1, -0.05) is 12.1 Å². The Morgan fingerprint density at radius 1 is 1.21 bits per heavy atom. The molecule has 0 saturated carbocycles. The number of aromatic nitrogens is 2. The van der Waals surface area contributed by atoms with Crippen molar-refractivity contribution in [3.63, 3.8) is 0 Å². The average Bonchev–Trinajstić information content (AvgIpc) is 2.77. The van der Waals surface area contributed by atoms with Crippen molar-refractivity contribution in [3.8, 4) is 5.75 Å². The Morgan fingerprint density at radius 2 is 2.00 bits per heavy atom. The third kappa shape index (κ3) is 2.45. The summed E-state index contributed by atoms with van der Waals surface area (Å²) >= 11 is 2.35. The van der Waals surface area contributed by atoms with Gasteiger partial charge in [0.05, 0.1) is 7.11 Å². The number of hydrogen-bond acceptors (Lipinski definition) is 2. The van der Waals surface area contributed by atoms with Crippen LogP contribution >= 0.6 is 22.6 Å². The topological polar surface area (TPSA) is 27.1 Å². The van der Waals surface area contributed by atoms with Crippen LogP contribution in [0.4, 0.5) is 0 Å². The smallest absolute Gasteiger partial charge is 0.141 e. The van der Waals surface area contributed by atoms with Gasteiger partial charge in [-0.25, -0.2) is 4.98 Å². The molecular weight excluding hydrogens is 351 g/mol. The zero-order chi connectivity index (χ0) is 13.2. The maximum atomic E-state index is 5.17. The Labute approximate surface area is 125 Å². The van der Waals surface area contributed by atoms with Gasteiger partial charge in [-0.3, -0.25) is 0 Å². The molecule has 0 unspecified atom stereocenters. The van der Waals surface area contributed by atoms with E-state index in [1.807, 2.05) is 24.4 Å². The van der Waals surface area contributed by atoms with Crippen LogP contribution in [0.3, 0.4) is 0 Å². The summed E-state index contributed by atoms with van der Waals surface area (Å²) in [6.45, 7) is 0.820. The summed E-state index contributed by atoms with van der Waals surface area (Å²) in [4.78, 5) is 4.47. The molecule has 0 aliphatic carbocycles. The highest BCUT2D eigenvalue weighted by Gasteiger charge is 2.07. The second-order valence-corrected chi connectivity index (χ2v) is 5.49. The summed E-state index contributed by atoms with van der Waals surface area (Å²) in [5.74, 6) is 0.883. The number of methoxy groups -OCH3 is 1. The van der Waals surface area contributed by atoms with Crippen LogP contribution in [0.5, 0.6) is 5.75 Å². The van der Waals surface area contributed by atoms with Crippen LogP contribution in [0.25, 0.3) is 11.0 Å². The van der Waals surface area contributed by atoms with Gasteiger partial charge in [0, 0.05) is 27.9 Å². The monoisotopic (exact) mass is 364 g/mol. The molecule has 2 heterocycles. The Kier molecular flexibility index (Phi) is 3.42. The van der Waals surface area contributed by atoms with E-state index in [-0.39, 0.29) is 0 Å². The van der Waals surface area contributed by atoms with Crippen molar-refractivity contribution >= 4 is 33.6 Å². The second kappa shape index (κ2) is 5.21. The quantitative estimate of drug-likeness (QED) is 0.663. The van der Waals surface area contributed by atoms with E-state index in [1.165, 1.54) is 14.5 Å². The Hall–Kier alpha value is -1.56. The fourth-order valence-electron chi connectivity index (χ4n) is 2.13. The van der Waals surface area contributed by atoms with Crippen molar-refractivity contribution in [3.05, 3.63) is 57.9 Å². The molecule has 0 atom stereocenters. The lowest BCUT2D eigenvalue weighted by Gasteiger charge is -2.06. The molecular formula is C15H13IN2O. The SMILES string of the molecule is COc1ccc(Cn2cc(I)c3cccnc32)cc1. The Bertz CT molecular complexity index is 704. The number of fused-ring (bicyclic) bond motifs is 1. The maximum Gasteiger partial charge on any atom is 0.141 e. The van der Waals surface area contributed by atoms with Crippen molar-refractivity contribution < 1.29 is 4.74 Å². The molecule has 0 saturated heterocycles. The van der Waals surface area contributed by atoms with Gasteiger partial charge in [-0.2, -0.15) is 0 Å². The fraction of sp³-hybridized carbons (Fsp3) is 0.133. The van der Waals surface area contributed by atoms with Crippen molar-refractivity contribution in [2.24, 2.45) is 0 Å². The minimum absolute atomic E-state index is 0.820. The molecule has 0 aliphatic heterocycles. The number of nitrogens with zero attached hydrogens (tertiary/aromatic N) is 2. The first-order valence-corrected chi connectivity index (χ1v) is 7.08. The molecule has 19 heavy (non-hydrogen) atoms. The highest BCUT2D eigenvalue weighted by molar-refractivity contribution is 14.1. The third-order valence-corrected chi connectivity index (χ3v) is 3.96. The van der Waals surface area contributed by atoms with E-state index in [0.717, 1.165) is 17.9 Å².